The van der Waals surface area contributed by atoms with Gasteiger partial charge in [0.05, 0.1) is 67.1 Å². The van der Waals surface area contributed by atoms with Gasteiger partial charge in [-0.05, 0) is 58.5 Å². The largest absolute Gasteiger partial charge is 0.493 e. The van der Waals surface area contributed by atoms with Crippen molar-refractivity contribution in [2.75, 3.05) is 20.3 Å². The maximum absolute atomic E-state index is 12.1. The van der Waals surface area contributed by atoms with Crippen LogP contribution < -0.4 is 9.47 Å². The van der Waals surface area contributed by atoms with E-state index >= 15 is 0 Å². The van der Waals surface area contributed by atoms with Gasteiger partial charge in [-0.15, -0.1) is 0 Å². The highest BCUT2D eigenvalue weighted by Gasteiger charge is 2.18. The Morgan fingerprint density at radius 1 is 1.14 bits per heavy atom. The molecule has 0 radical (unpaired) electrons. The van der Waals surface area contributed by atoms with Gasteiger partial charge >= 0.3 is 5.97 Å². The molecule has 4 aromatic rings. The second kappa shape index (κ2) is 11.8. The lowest BCUT2D eigenvalue weighted by molar-refractivity contribution is 0.0600. The molecule has 1 aromatic carbocycles. The molecular weight excluding hydrogens is 592 g/mol. The highest BCUT2D eigenvalue weighted by Crippen LogP contribution is 2.35. The second-order valence-electron chi connectivity index (χ2n) is 7.58. The number of ether oxygens (including phenoxy) is 3. The number of pyridine rings is 1. The topological polar surface area (TPSA) is 93.3 Å². The summed E-state index contributed by atoms with van der Waals surface area (Å²) < 4.78 is 20.6. The zero-order valence-corrected chi connectivity index (χ0v) is 23.6. The Kier molecular flexibility index (Phi) is 8.58. The molecule has 0 saturated heterocycles. The smallest absolute Gasteiger partial charge is 0.337 e. The third-order valence-electron chi connectivity index (χ3n) is 5.47. The van der Waals surface area contributed by atoms with Crippen molar-refractivity contribution in [3.63, 3.8) is 0 Å². The molecule has 1 unspecified atom stereocenters. The zero-order chi connectivity index (χ0) is 25.7. The Labute approximate surface area is 224 Å². The fraction of sp³-hybridized carbons (Fsp3) is 0.280. The van der Waals surface area contributed by atoms with Crippen molar-refractivity contribution in [1.29, 1.82) is 0 Å². The van der Waals surface area contributed by atoms with Crippen molar-refractivity contribution < 1.29 is 19.0 Å². The Balaban J connectivity index is 0.00000148. The van der Waals surface area contributed by atoms with Gasteiger partial charge < -0.3 is 14.2 Å². The average molecular weight is 619 g/mol. The molecule has 1 atom stereocenters. The molecule has 188 valence electrons. The summed E-state index contributed by atoms with van der Waals surface area (Å²) in [5, 5.41) is 10.1. The van der Waals surface area contributed by atoms with Crippen LogP contribution >= 0.6 is 28.4 Å². The highest BCUT2D eigenvalue weighted by atomic mass is 127. The molecule has 0 N–H and O–H groups in total. The van der Waals surface area contributed by atoms with E-state index in [0.717, 1.165) is 33.4 Å². The molecule has 4 heterocycles. The van der Waals surface area contributed by atoms with Crippen LogP contribution in [0.4, 0.5) is 0 Å². The Hall–Kier alpha value is -2.98. The van der Waals surface area contributed by atoms with Crippen molar-refractivity contribution in [3.05, 3.63) is 53.5 Å². The van der Waals surface area contributed by atoms with Gasteiger partial charge in [0, 0.05) is 24.4 Å². The van der Waals surface area contributed by atoms with Crippen LogP contribution in [0.1, 0.15) is 41.9 Å². The minimum absolute atomic E-state index is 0.400. The number of hydrogen-bond acceptors (Lipinski definition) is 7. The van der Waals surface area contributed by atoms with Crippen LogP contribution in [0.15, 0.2) is 36.7 Å². The van der Waals surface area contributed by atoms with Crippen molar-refractivity contribution in [2.45, 2.75) is 20.3 Å². The predicted octanol–water partition coefficient (Wildman–Crippen LogP) is 5.77. The minimum atomic E-state index is -0.400. The summed E-state index contributed by atoms with van der Waals surface area (Å²) >= 11 is 2.30. The number of benzene rings is 1. The van der Waals surface area contributed by atoms with E-state index in [2.05, 4.69) is 32.1 Å². The first kappa shape index (κ1) is 26.1. The van der Waals surface area contributed by atoms with Gasteiger partial charge in [0.2, 0.25) is 5.88 Å². The minimum Gasteiger partial charge on any atom is -0.493 e. The summed E-state index contributed by atoms with van der Waals surface area (Å²) in [5.74, 6) is 0.926. The third kappa shape index (κ3) is 5.24. The maximum Gasteiger partial charge on any atom is 0.337 e. The van der Waals surface area contributed by atoms with Gasteiger partial charge in [-0.3, -0.25) is 4.98 Å². The summed E-state index contributed by atoms with van der Waals surface area (Å²) in [7, 11) is 3.22. The lowest BCUT2D eigenvalue weighted by atomic mass is 10.1. The van der Waals surface area contributed by atoms with E-state index in [1.54, 1.807) is 29.1 Å². The van der Waals surface area contributed by atoms with Crippen molar-refractivity contribution >= 4 is 57.4 Å². The van der Waals surface area contributed by atoms with Gasteiger partial charge in [-0.2, -0.15) is 10.2 Å². The van der Waals surface area contributed by atoms with Gasteiger partial charge in [0.15, 0.2) is 0 Å². The molecule has 0 spiro atoms. The summed E-state index contributed by atoms with van der Waals surface area (Å²) in [6, 6.07) is 7.26. The molecule has 9 nitrogen and oxygen atoms in total. The molecule has 1 aliphatic heterocycles. The van der Waals surface area contributed by atoms with Crippen LogP contribution in [-0.2, 0) is 11.8 Å². The molecule has 36 heavy (non-hydrogen) atoms. The van der Waals surface area contributed by atoms with Gasteiger partial charge in [0.1, 0.15) is 5.75 Å². The zero-order valence-electron chi connectivity index (χ0n) is 20.5. The molecule has 0 aliphatic carbocycles. The first-order valence-corrected chi connectivity index (χ1v) is 15.6. The molecule has 0 amide bonds. The summed E-state index contributed by atoms with van der Waals surface area (Å²) in [5.41, 5.74) is 4.53. The number of carbonyl (C=O) groups excluding carboxylic acids is 1. The van der Waals surface area contributed by atoms with Crippen LogP contribution in [0.2, 0.25) is 0 Å². The maximum atomic E-state index is 12.1. The average Bonchev–Trinajstić information content (AvgIpc) is 3.47. The molecule has 1 aliphatic rings. The van der Waals surface area contributed by atoms with E-state index in [4.69, 9.17) is 19.3 Å². The second-order valence-corrected chi connectivity index (χ2v) is 9.62. The normalized spacial score (nSPS) is 14.0. The Bertz CT molecular complexity index is 1420. The molecule has 0 saturated carbocycles. The number of carbonyl (C=O) groups is 1. The lowest BCUT2D eigenvalue weighted by Gasteiger charge is -2.12. The monoisotopic (exact) mass is 619 g/mol. The quantitative estimate of drug-likeness (QED) is 0.160. The van der Waals surface area contributed by atoms with E-state index in [0.29, 0.717) is 43.2 Å². The van der Waals surface area contributed by atoms with Crippen LogP contribution in [0.25, 0.3) is 34.3 Å². The number of rotatable bonds is 2. The summed E-state index contributed by atoms with van der Waals surface area (Å²) in [4.78, 5) is 16.8. The van der Waals surface area contributed by atoms with Crippen LogP contribution in [-0.4, -0.2) is 50.6 Å². The third-order valence-corrected chi connectivity index (χ3v) is 7.34. The van der Waals surface area contributed by atoms with Crippen LogP contribution in [0, 0.1) is 0 Å². The van der Waals surface area contributed by atoms with E-state index in [-0.39, 0.29) is 0 Å². The number of nitrogens with zero attached hydrogens (tertiary/aromatic N) is 5. The number of aromatic nitrogens is 5. The number of esters is 1. The Morgan fingerprint density at radius 3 is 2.72 bits per heavy atom. The fourth-order valence-corrected chi connectivity index (χ4v) is 5.30. The van der Waals surface area contributed by atoms with Crippen molar-refractivity contribution in [1.82, 2.24) is 24.3 Å². The highest BCUT2D eigenvalue weighted by molar-refractivity contribution is 14.2. The number of aryl methyl sites for hydroxylation is 1. The number of fused-ring (bicyclic) bond motifs is 4. The predicted molar refractivity (Wildman–Crippen MR) is 151 cm³/mol. The molecule has 3 aromatic heterocycles. The Morgan fingerprint density at radius 2 is 1.94 bits per heavy atom. The van der Waals surface area contributed by atoms with Gasteiger partial charge in [-0.25, -0.2) is 13.9 Å². The van der Waals surface area contributed by atoms with Gasteiger partial charge in [-0.1, -0.05) is 13.8 Å². The van der Waals surface area contributed by atoms with Crippen molar-refractivity contribution in [3.8, 4) is 22.9 Å². The van der Waals surface area contributed by atoms with Crippen molar-refractivity contribution in [2.24, 2.45) is 7.05 Å². The SMILES string of the molecule is CC.COC(=O)c1ccc2c(c1)/C=C/c1nn(PI)c3cnc(cc13)-c1cnn(C)c1OCCCO2. The summed E-state index contributed by atoms with van der Waals surface area (Å²) in [6.07, 6.45) is 8.53. The molecular formula is C25H27IN5O4P. The van der Waals surface area contributed by atoms with E-state index < -0.39 is 5.97 Å². The first-order chi connectivity index (χ1) is 17.6. The molecule has 0 fully saturated rings. The fourth-order valence-electron chi connectivity index (χ4n) is 3.78. The summed E-state index contributed by atoms with van der Waals surface area (Å²) in [6.45, 7) is 4.91. The standard InChI is InChI=1S/C23H21IN5O4P.C2H6/c1-28-22-17(12-26-28)19-11-16-18(27-29(34-24)20(16)13-25-19)6-4-14-10-15(23(30)31-2)5-7-21(14)32-8-3-9-33-22;1-2/h4-7,10-13,34H,3,8-9H2,1-2H3;1-2H3/b6-4+;. The molecule has 11 heteroatoms. The molecule has 2 bridgehead atoms. The van der Waals surface area contributed by atoms with E-state index in [1.165, 1.54) is 7.11 Å². The molecule has 5 rings (SSSR count). The number of methoxy groups -OCH3 is 1. The van der Waals surface area contributed by atoms with Crippen LogP contribution in [0.5, 0.6) is 11.6 Å². The number of halogens is 1. The van der Waals surface area contributed by atoms with Crippen LogP contribution in [0.3, 0.4) is 0 Å². The first-order valence-electron chi connectivity index (χ1n) is 11.5. The lowest BCUT2D eigenvalue weighted by Crippen LogP contribution is -2.08. The number of hydrogen-bond donors (Lipinski definition) is 0. The van der Waals surface area contributed by atoms with E-state index in [1.807, 2.05) is 49.8 Å². The van der Waals surface area contributed by atoms with E-state index in [9.17, 15) is 4.79 Å². The van der Waals surface area contributed by atoms with Gasteiger partial charge in [0.25, 0.3) is 0 Å².